The number of hydrogen-bond donors (Lipinski definition) is 5. The quantitative estimate of drug-likeness (QED) is 0.413. The Labute approximate surface area is 122 Å². The number of aliphatic hydroxyl groups excluding tert-OH is 2. The number of nitrogens with one attached hydrogen (secondary N) is 1. The molecule has 7 nitrogen and oxygen atoms in total. The van der Waals surface area contributed by atoms with Crippen molar-refractivity contribution in [2.45, 2.75) is 51.8 Å². The van der Waals surface area contributed by atoms with Gasteiger partial charge in [0.2, 0.25) is 0 Å². The zero-order chi connectivity index (χ0) is 16.0. The van der Waals surface area contributed by atoms with Gasteiger partial charge in [0.25, 0.3) is 0 Å². The third-order valence-electron chi connectivity index (χ3n) is 2.56. The van der Waals surface area contributed by atoms with Crippen LogP contribution in [0.25, 0.3) is 0 Å². The topological polar surface area (TPSA) is 123 Å². The van der Waals surface area contributed by atoms with E-state index < -0.39 is 18.5 Å². The van der Waals surface area contributed by atoms with E-state index in [1.165, 1.54) is 7.11 Å². The van der Waals surface area contributed by atoms with Crippen molar-refractivity contribution in [2.75, 3.05) is 33.3 Å². The molecule has 1 aliphatic heterocycles. The highest BCUT2D eigenvalue weighted by Gasteiger charge is 2.33. The van der Waals surface area contributed by atoms with Crippen molar-refractivity contribution in [1.29, 1.82) is 0 Å². The van der Waals surface area contributed by atoms with Crippen LogP contribution in [0.2, 0.25) is 0 Å². The Morgan fingerprint density at radius 1 is 1.15 bits per heavy atom. The van der Waals surface area contributed by atoms with Crippen LogP contribution in [0.1, 0.15) is 27.2 Å². The zero-order valence-electron chi connectivity index (χ0n) is 13.2. The Morgan fingerprint density at radius 3 is 2.05 bits per heavy atom. The van der Waals surface area contributed by atoms with Gasteiger partial charge in [0.1, 0.15) is 6.10 Å². The van der Waals surface area contributed by atoms with Gasteiger partial charge in [0, 0.05) is 39.7 Å². The minimum absolute atomic E-state index is 0.261. The number of ether oxygens (including phenoxy) is 2. The van der Waals surface area contributed by atoms with E-state index in [0.29, 0.717) is 19.5 Å². The van der Waals surface area contributed by atoms with Crippen molar-refractivity contribution in [3.63, 3.8) is 0 Å². The molecule has 7 N–H and O–H groups in total. The molecule has 4 atom stereocenters. The van der Waals surface area contributed by atoms with Crippen molar-refractivity contribution in [1.82, 2.24) is 5.32 Å². The van der Waals surface area contributed by atoms with Crippen LogP contribution in [0.5, 0.6) is 0 Å². The van der Waals surface area contributed by atoms with E-state index in [-0.39, 0.29) is 6.10 Å². The summed E-state index contributed by atoms with van der Waals surface area (Å²) in [6.07, 6.45) is -1.83. The first kappa shape index (κ1) is 22.0. The molecule has 1 rings (SSSR count). The van der Waals surface area contributed by atoms with E-state index in [2.05, 4.69) is 5.32 Å². The minimum Gasteiger partial charge on any atom is -0.390 e. The summed E-state index contributed by atoms with van der Waals surface area (Å²) < 4.78 is 9.98. The zero-order valence-corrected chi connectivity index (χ0v) is 13.2. The molecule has 1 saturated heterocycles. The van der Waals surface area contributed by atoms with Gasteiger partial charge in [-0.05, 0) is 6.92 Å². The van der Waals surface area contributed by atoms with Gasteiger partial charge < -0.3 is 36.5 Å². The third-order valence-corrected chi connectivity index (χ3v) is 2.56. The normalized spacial score (nSPS) is 28.8. The highest BCUT2D eigenvalue weighted by Crippen LogP contribution is 2.19. The van der Waals surface area contributed by atoms with Crippen LogP contribution in [0.3, 0.4) is 0 Å². The van der Waals surface area contributed by atoms with Crippen molar-refractivity contribution >= 4 is 0 Å². The number of rotatable bonds is 5. The lowest BCUT2D eigenvalue weighted by Gasteiger charge is -2.34. The summed E-state index contributed by atoms with van der Waals surface area (Å²) in [5.74, 6) is 0. The Kier molecular flexibility index (Phi) is 16.6. The maximum absolute atomic E-state index is 9.25. The van der Waals surface area contributed by atoms with Crippen LogP contribution in [0, 0.1) is 0 Å². The summed E-state index contributed by atoms with van der Waals surface area (Å²) in [6.45, 7) is 8.89. The van der Waals surface area contributed by atoms with Crippen LogP contribution in [-0.4, -0.2) is 68.1 Å². The molecular formula is C13H33N3O4. The van der Waals surface area contributed by atoms with Crippen molar-refractivity contribution in [3.8, 4) is 0 Å². The molecule has 7 heteroatoms. The largest absolute Gasteiger partial charge is 0.390 e. The number of nitrogens with two attached hydrogens (primary N) is 2. The maximum Gasteiger partial charge on any atom is 0.183 e. The Hall–Kier alpha value is -0.280. The maximum atomic E-state index is 9.25. The second kappa shape index (κ2) is 15.1. The molecule has 0 bridgehead atoms. The highest BCUT2D eigenvalue weighted by atomic mass is 16.7. The number of hydrogen-bond acceptors (Lipinski definition) is 7. The predicted octanol–water partition coefficient (Wildman–Crippen LogP) is -0.991. The van der Waals surface area contributed by atoms with Crippen LogP contribution in [0.4, 0.5) is 0 Å². The molecular weight excluding hydrogens is 262 g/mol. The van der Waals surface area contributed by atoms with E-state index in [1.54, 1.807) is 6.92 Å². The minimum atomic E-state index is -0.716. The third kappa shape index (κ3) is 10.5. The van der Waals surface area contributed by atoms with Gasteiger partial charge in [-0.1, -0.05) is 13.8 Å². The molecule has 124 valence electrons. The summed E-state index contributed by atoms with van der Waals surface area (Å²) in [7, 11) is 1.47. The van der Waals surface area contributed by atoms with Crippen LogP contribution < -0.4 is 16.8 Å². The first-order valence-electron chi connectivity index (χ1n) is 7.22. The molecule has 0 spiro atoms. The van der Waals surface area contributed by atoms with Gasteiger partial charge in [0.15, 0.2) is 6.29 Å². The summed E-state index contributed by atoms with van der Waals surface area (Å²) in [5, 5.41) is 21.5. The summed E-state index contributed by atoms with van der Waals surface area (Å²) in [4.78, 5) is 0. The monoisotopic (exact) mass is 295 g/mol. The van der Waals surface area contributed by atoms with Gasteiger partial charge >= 0.3 is 0 Å². The molecule has 0 aromatic rings. The molecule has 1 fully saturated rings. The summed E-state index contributed by atoms with van der Waals surface area (Å²) in [6, 6.07) is 0. The van der Waals surface area contributed by atoms with Gasteiger partial charge in [-0.2, -0.15) is 0 Å². The van der Waals surface area contributed by atoms with E-state index in [9.17, 15) is 10.2 Å². The fourth-order valence-corrected chi connectivity index (χ4v) is 1.48. The molecule has 0 aliphatic carbocycles. The standard InChI is InChI=1S/C7H14O4.C4H13N3.C2H6/c1-4-5(8)3-6(9)7(10-2)11-4;5-1-3-7-4-2-6;1-2/h4-9H,3H2,1-2H3;7H,1-6H2;1-2H3/t4-,5?,6+,7?;;/m1../s1. The molecule has 0 radical (unpaired) electrons. The van der Waals surface area contributed by atoms with E-state index in [0.717, 1.165) is 13.1 Å². The van der Waals surface area contributed by atoms with E-state index in [1.807, 2.05) is 13.8 Å². The first-order valence-corrected chi connectivity index (χ1v) is 7.22. The average molecular weight is 295 g/mol. The van der Waals surface area contributed by atoms with Crippen LogP contribution in [0.15, 0.2) is 0 Å². The van der Waals surface area contributed by atoms with Gasteiger partial charge in [-0.15, -0.1) is 0 Å². The lowest BCUT2D eigenvalue weighted by atomic mass is 10.0. The van der Waals surface area contributed by atoms with Gasteiger partial charge in [-0.3, -0.25) is 0 Å². The predicted molar refractivity (Wildman–Crippen MR) is 80.3 cm³/mol. The molecule has 1 heterocycles. The van der Waals surface area contributed by atoms with Crippen LogP contribution in [-0.2, 0) is 9.47 Å². The second-order valence-corrected chi connectivity index (χ2v) is 4.14. The molecule has 1 aliphatic rings. The summed E-state index contributed by atoms with van der Waals surface area (Å²) >= 11 is 0. The Bertz CT molecular complexity index is 194. The molecule has 0 saturated carbocycles. The van der Waals surface area contributed by atoms with Gasteiger partial charge in [0.05, 0.1) is 12.2 Å². The molecule has 2 unspecified atom stereocenters. The van der Waals surface area contributed by atoms with Gasteiger partial charge in [-0.25, -0.2) is 0 Å². The lowest BCUT2D eigenvalue weighted by molar-refractivity contribution is -0.251. The SMILES string of the molecule is CC.COC1O[C@H](C)C(O)C[C@@H]1O.NCCNCCN. The first-order chi connectivity index (χ1) is 9.56. The summed E-state index contributed by atoms with van der Waals surface area (Å²) in [5.41, 5.74) is 10.3. The van der Waals surface area contributed by atoms with E-state index in [4.69, 9.17) is 20.9 Å². The van der Waals surface area contributed by atoms with Crippen molar-refractivity contribution in [3.05, 3.63) is 0 Å². The van der Waals surface area contributed by atoms with Crippen molar-refractivity contribution in [2.24, 2.45) is 11.5 Å². The highest BCUT2D eigenvalue weighted by molar-refractivity contribution is 4.77. The second-order valence-electron chi connectivity index (χ2n) is 4.14. The lowest BCUT2D eigenvalue weighted by Crippen LogP contribution is -2.46. The number of aliphatic hydroxyl groups is 2. The van der Waals surface area contributed by atoms with E-state index >= 15 is 0 Å². The fraction of sp³-hybridized carbons (Fsp3) is 1.00. The molecule has 20 heavy (non-hydrogen) atoms. The smallest absolute Gasteiger partial charge is 0.183 e. The Balaban J connectivity index is 0. The fourth-order valence-electron chi connectivity index (χ4n) is 1.48. The molecule has 0 amide bonds. The molecule has 0 aromatic heterocycles. The number of methoxy groups -OCH3 is 1. The van der Waals surface area contributed by atoms with Crippen LogP contribution >= 0.6 is 0 Å². The van der Waals surface area contributed by atoms with Crippen molar-refractivity contribution < 1.29 is 19.7 Å². The average Bonchev–Trinajstić information content (AvgIpc) is 2.46. The Morgan fingerprint density at radius 2 is 1.65 bits per heavy atom. The molecule has 0 aromatic carbocycles.